The Labute approximate surface area is 136 Å². The lowest BCUT2D eigenvalue weighted by atomic mass is 10.0. The van der Waals surface area contributed by atoms with Crippen molar-refractivity contribution in [3.05, 3.63) is 34.3 Å². The van der Waals surface area contributed by atoms with Gasteiger partial charge in [-0.05, 0) is 50.4 Å². The Morgan fingerprint density at radius 1 is 1.38 bits per heavy atom. The second-order valence-electron chi connectivity index (χ2n) is 6.49. The van der Waals surface area contributed by atoms with Gasteiger partial charge in [-0.2, -0.15) is 0 Å². The molecule has 1 N–H and O–H groups in total. The normalized spacial score (nSPS) is 28.5. The van der Waals surface area contributed by atoms with E-state index in [0.717, 1.165) is 29.0 Å². The highest BCUT2D eigenvalue weighted by Crippen LogP contribution is 2.26. The average molecular weight is 353 g/mol. The van der Waals surface area contributed by atoms with Crippen LogP contribution >= 0.6 is 15.9 Å². The van der Waals surface area contributed by atoms with Crippen LogP contribution in [0, 0.1) is 0 Å². The van der Waals surface area contributed by atoms with Gasteiger partial charge in [0.05, 0.1) is 6.10 Å². The summed E-state index contributed by atoms with van der Waals surface area (Å²) in [4.78, 5) is 5.21. The number of halogens is 1. The fourth-order valence-electron chi connectivity index (χ4n) is 3.73. The zero-order chi connectivity index (χ0) is 14.8. The van der Waals surface area contributed by atoms with Crippen molar-refractivity contribution in [2.45, 2.75) is 44.4 Å². The number of piperazine rings is 1. The van der Waals surface area contributed by atoms with E-state index >= 15 is 0 Å². The van der Waals surface area contributed by atoms with Crippen LogP contribution in [0.1, 0.15) is 37.9 Å². The van der Waals surface area contributed by atoms with Gasteiger partial charge in [-0.15, -0.1) is 0 Å². The van der Waals surface area contributed by atoms with Crippen molar-refractivity contribution >= 4 is 15.9 Å². The lowest BCUT2D eigenvalue weighted by Gasteiger charge is -2.42. The van der Waals surface area contributed by atoms with Crippen molar-refractivity contribution in [2.75, 3.05) is 26.2 Å². The molecule has 2 saturated heterocycles. The highest BCUT2D eigenvalue weighted by Gasteiger charge is 2.34. The zero-order valence-corrected chi connectivity index (χ0v) is 14.3. The van der Waals surface area contributed by atoms with E-state index in [9.17, 15) is 5.11 Å². The van der Waals surface area contributed by atoms with Crippen molar-refractivity contribution < 1.29 is 5.11 Å². The van der Waals surface area contributed by atoms with Crippen LogP contribution in [-0.4, -0.2) is 53.2 Å². The quantitative estimate of drug-likeness (QED) is 0.901. The summed E-state index contributed by atoms with van der Waals surface area (Å²) in [6, 6.07) is 9.37. The van der Waals surface area contributed by atoms with Crippen molar-refractivity contribution in [3.63, 3.8) is 0 Å². The van der Waals surface area contributed by atoms with E-state index in [-0.39, 0.29) is 6.10 Å². The average Bonchev–Trinajstić information content (AvgIpc) is 2.91. The molecule has 3 rings (SSSR count). The van der Waals surface area contributed by atoms with E-state index < -0.39 is 0 Å². The number of fused-ring (bicyclic) bond motifs is 1. The summed E-state index contributed by atoms with van der Waals surface area (Å²) in [6.07, 6.45) is 3.15. The minimum absolute atomic E-state index is 0.365. The molecule has 1 aromatic carbocycles. The first-order chi connectivity index (χ1) is 10.1. The predicted octanol–water partition coefficient (Wildman–Crippen LogP) is 3.04. The van der Waals surface area contributed by atoms with Crippen LogP contribution in [0.4, 0.5) is 0 Å². The maximum atomic E-state index is 10.4. The molecule has 2 aliphatic rings. The smallest absolute Gasteiger partial charge is 0.0802 e. The summed E-state index contributed by atoms with van der Waals surface area (Å²) in [5.74, 6) is 0. The SMILES string of the molecule is CC1CN2CCCC2CN1CCC(O)c1cccc(Br)c1. The third-order valence-electron chi connectivity index (χ3n) is 4.99. The molecule has 3 atom stereocenters. The summed E-state index contributed by atoms with van der Waals surface area (Å²) in [5.41, 5.74) is 1.01. The van der Waals surface area contributed by atoms with Crippen LogP contribution in [0.3, 0.4) is 0 Å². The van der Waals surface area contributed by atoms with Gasteiger partial charge < -0.3 is 5.11 Å². The lowest BCUT2D eigenvalue weighted by molar-refractivity contribution is 0.0458. The Kier molecular flexibility index (Phi) is 4.99. The monoisotopic (exact) mass is 352 g/mol. The standard InChI is InChI=1S/C17H25BrN2O/c1-13-11-20-8-3-6-16(20)12-19(13)9-7-17(21)14-4-2-5-15(18)10-14/h2,4-5,10,13,16-17,21H,3,6-9,11-12H2,1H3. The van der Waals surface area contributed by atoms with Crippen LogP contribution in [0.15, 0.2) is 28.7 Å². The number of benzene rings is 1. The largest absolute Gasteiger partial charge is 0.388 e. The molecule has 3 nitrogen and oxygen atoms in total. The number of hydrogen-bond acceptors (Lipinski definition) is 3. The van der Waals surface area contributed by atoms with Gasteiger partial charge in [0.1, 0.15) is 0 Å². The van der Waals surface area contributed by atoms with Gasteiger partial charge in [0.25, 0.3) is 0 Å². The molecule has 0 aromatic heterocycles. The first-order valence-corrected chi connectivity index (χ1v) is 8.84. The molecule has 0 saturated carbocycles. The van der Waals surface area contributed by atoms with Crippen LogP contribution in [0.5, 0.6) is 0 Å². The van der Waals surface area contributed by atoms with E-state index in [1.54, 1.807) is 0 Å². The Balaban J connectivity index is 1.54. The van der Waals surface area contributed by atoms with Gasteiger partial charge in [-0.1, -0.05) is 28.1 Å². The fraction of sp³-hybridized carbons (Fsp3) is 0.647. The molecule has 2 heterocycles. The third kappa shape index (κ3) is 3.67. The molecule has 116 valence electrons. The fourth-order valence-corrected chi connectivity index (χ4v) is 4.15. The number of hydrogen-bond donors (Lipinski definition) is 1. The minimum Gasteiger partial charge on any atom is -0.388 e. The molecule has 2 fully saturated rings. The summed E-state index contributed by atoms with van der Waals surface area (Å²) in [5, 5.41) is 10.4. The van der Waals surface area contributed by atoms with Crippen LogP contribution < -0.4 is 0 Å². The second kappa shape index (κ2) is 6.78. The molecule has 3 unspecified atom stereocenters. The maximum Gasteiger partial charge on any atom is 0.0802 e. The van der Waals surface area contributed by atoms with Crippen molar-refractivity contribution in [1.29, 1.82) is 0 Å². The summed E-state index contributed by atoms with van der Waals surface area (Å²) < 4.78 is 1.03. The number of aliphatic hydroxyl groups excluding tert-OH is 1. The molecule has 1 aromatic rings. The molecule has 0 aliphatic carbocycles. The number of aliphatic hydroxyl groups is 1. The topological polar surface area (TPSA) is 26.7 Å². The van der Waals surface area contributed by atoms with Gasteiger partial charge in [0.2, 0.25) is 0 Å². The molecule has 0 radical (unpaired) electrons. The van der Waals surface area contributed by atoms with Crippen molar-refractivity contribution in [2.24, 2.45) is 0 Å². The summed E-state index contributed by atoms with van der Waals surface area (Å²) in [6.45, 7) is 6.95. The maximum absolute atomic E-state index is 10.4. The van der Waals surface area contributed by atoms with Gasteiger partial charge in [0.15, 0.2) is 0 Å². The second-order valence-corrected chi connectivity index (χ2v) is 7.41. The molecule has 21 heavy (non-hydrogen) atoms. The molecule has 0 bridgehead atoms. The summed E-state index contributed by atoms with van der Waals surface area (Å²) in [7, 11) is 0. The first kappa shape index (κ1) is 15.5. The first-order valence-electron chi connectivity index (χ1n) is 8.05. The lowest BCUT2D eigenvalue weighted by Crippen LogP contribution is -2.55. The Morgan fingerprint density at radius 2 is 2.24 bits per heavy atom. The van der Waals surface area contributed by atoms with Gasteiger partial charge >= 0.3 is 0 Å². The Hall–Kier alpha value is -0.420. The molecule has 0 spiro atoms. The zero-order valence-electron chi connectivity index (χ0n) is 12.7. The van der Waals surface area contributed by atoms with E-state index in [0.29, 0.717) is 6.04 Å². The van der Waals surface area contributed by atoms with Gasteiger partial charge in [-0.25, -0.2) is 0 Å². The van der Waals surface area contributed by atoms with E-state index in [1.165, 1.54) is 32.5 Å². The van der Waals surface area contributed by atoms with E-state index in [1.807, 2.05) is 24.3 Å². The molecular weight excluding hydrogens is 328 g/mol. The minimum atomic E-state index is -0.365. The summed E-state index contributed by atoms with van der Waals surface area (Å²) >= 11 is 3.47. The van der Waals surface area contributed by atoms with Gasteiger partial charge in [0, 0.05) is 36.2 Å². The van der Waals surface area contributed by atoms with Crippen molar-refractivity contribution in [1.82, 2.24) is 9.80 Å². The van der Waals surface area contributed by atoms with Crippen LogP contribution in [0.2, 0.25) is 0 Å². The molecular formula is C17H25BrN2O. The highest BCUT2D eigenvalue weighted by atomic mass is 79.9. The van der Waals surface area contributed by atoms with Crippen LogP contribution in [-0.2, 0) is 0 Å². The third-order valence-corrected chi connectivity index (χ3v) is 5.48. The molecule has 2 aliphatic heterocycles. The van der Waals surface area contributed by atoms with Crippen molar-refractivity contribution in [3.8, 4) is 0 Å². The molecule has 4 heteroatoms. The number of rotatable bonds is 4. The predicted molar refractivity (Wildman–Crippen MR) is 89.3 cm³/mol. The van der Waals surface area contributed by atoms with Crippen LogP contribution in [0.25, 0.3) is 0 Å². The Bertz CT molecular complexity index is 482. The Morgan fingerprint density at radius 3 is 3.05 bits per heavy atom. The van der Waals surface area contributed by atoms with E-state index in [4.69, 9.17) is 0 Å². The van der Waals surface area contributed by atoms with E-state index in [2.05, 4.69) is 32.7 Å². The highest BCUT2D eigenvalue weighted by molar-refractivity contribution is 9.10. The molecule has 0 amide bonds. The number of nitrogens with zero attached hydrogens (tertiary/aromatic N) is 2. The van der Waals surface area contributed by atoms with Gasteiger partial charge in [-0.3, -0.25) is 9.80 Å².